The topological polar surface area (TPSA) is 61.4 Å². The average Bonchev–Trinajstić information content (AvgIpc) is 1.66. The van der Waals surface area contributed by atoms with Gasteiger partial charge in [-0.3, -0.25) is 4.72 Å². The lowest BCUT2D eigenvalue weighted by molar-refractivity contribution is 0.202. The molecule has 0 aromatic carbocycles. The van der Waals surface area contributed by atoms with Crippen LogP contribution in [0.2, 0.25) is 0 Å². The van der Waals surface area contributed by atoms with Crippen molar-refractivity contribution < 1.29 is 9.90 Å². The highest BCUT2D eigenvalue weighted by Gasteiger charge is 1.88. The minimum atomic E-state index is -1.06. The largest absolute Gasteiger partial charge is 0.464 e. The lowest BCUT2D eigenvalue weighted by Gasteiger charge is -1.93. The Labute approximate surface area is 57.2 Å². The first-order valence-corrected chi connectivity index (χ1v) is 4.89. The molecule has 1 atom stereocenters. The summed E-state index contributed by atoms with van der Waals surface area (Å²) in [4.78, 5) is 9.68. The molecular weight excluding hydrogens is 167 g/mol. The first kappa shape index (κ1) is 8.23. The summed E-state index contributed by atoms with van der Waals surface area (Å²) < 4.78 is 4.63. The van der Waals surface area contributed by atoms with Gasteiger partial charge in [0, 0.05) is 12.1 Å². The van der Waals surface area contributed by atoms with Gasteiger partial charge in [-0.2, -0.15) is 0 Å². The van der Waals surface area contributed by atoms with Crippen molar-refractivity contribution in [2.45, 2.75) is 0 Å². The van der Waals surface area contributed by atoms with E-state index >= 15 is 0 Å². The Bertz CT molecular complexity index is 98.0. The number of hydrogen-bond donors (Lipinski definition) is 3. The van der Waals surface area contributed by atoms with Gasteiger partial charge in [-0.25, -0.2) is 9.29 Å². The fraction of sp³-hybridized carbons (Fsp3) is 0. The number of amides is 1. The molecule has 7 heteroatoms. The fourth-order valence-corrected chi connectivity index (χ4v) is 1.05. The molecule has 0 aliphatic rings. The molecule has 0 radical (unpaired) electrons. The molecule has 0 fully saturated rings. The summed E-state index contributed by atoms with van der Waals surface area (Å²) in [6, 6.07) is 0. The van der Waals surface area contributed by atoms with E-state index in [0.29, 0.717) is 0 Å². The second-order valence-corrected chi connectivity index (χ2v) is 3.04. The van der Waals surface area contributed by atoms with E-state index in [9.17, 15) is 4.79 Å². The van der Waals surface area contributed by atoms with Crippen LogP contribution in [0.25, 0.3) is 0 Å². The van der Waals surface area contributed by atoms with Crippen molar-refractivity contribution in [3.05, 3.63) is 0 Å². The lowest BCUT2D eigenvalue weighted by Crippen LogP contribution is -2.14. The van der Waals surface area contributed by atoms with Crippen LogP contribution in [0.3, 0.4) is 0 Å². The number of rotatable bonds is 3. The molecule has 8 heavy (non-hydrogen) atoms. The van der Waals surface area contributed by atoms with Gasteiger partial charge in [-0.1, -0.05) is 11.8 Å². The van der Waals surface area contributed by atoms with Crippen molar-refractivity contribution in [3.63, 3.8) is 0 Å². The quantitative estimate of drug-likeness (QED) is 0.322. The van der Waals surface area contributed by atoms with Crippen LogP contribution in [-0.4, -0.2) is 11.2 Å². The minimum absolute atomic E-state index is 0.265. The summed E-state index contributed by atoms with van der Waals surface area (Å²) in [6.45, 7) is 0. The molecule has 0 heterocycles. The maximum atomic E-state index is 9.68. The molecule has 1 unspecified atom stereocenters. The van der Waals surface area contributed by atoms with Crippen molar-refractivity contribution >= 4 is 37.5 Å². The third kappa shape index (κ3) is 6.23. The molecule has 4 nitrogen and oxygen atoms in total. The third-order valence-electron chi connectivity index (χ3n) is 0.245. The van der Waals surface area contributed by atoms with E-state index in [1.54, 1.807) is 0 Å². The zero-order valence-corrected chi connectivity index (χ0v) is 6.54. The summed E-state index contributed by atoms with van der Waals surface area (Å²) in [5.74, 6) is 0. The van der Waals surface area contributed by atoms with E-state index in [-0.39, 0.29) is 7.51 Å². The standard InChI is InChI=1S/CH5N2O2PS2/c4-1(5)2-8-3-6-7/h2H,6H2,(H,3,7)(H,4,5). The highest BCUT2D eigenvalue weighted by Crippen LogP contribution is 1.92. The molecule has 0 aromatic rings. The predicted octanol–water partition coefficient (Wildman–Crippen LogP) is 0.194. The van der Waals surface area contributed by atoms with E-state index in [4.69, 9.17) is 5.11 Å². The van der Waals surface area contributed by atoms with Gasteiger partial charge in [0.25, 0.3) is 0 Å². The molecule has 1 amide bonds. The van der Waals surface area contributed by atoms with Crippen LogP contribution in [0.5, 0.6) is 0 Å². The zero-order chi connectivity index (χ0) is 6.41. The molecule has 3 N–H and O–H groups in total. The maximum absolute atomic E-state index is 9.68. The van der Waals surface area contributed by atoms with Crippen LogP contribution < -0.4 is 9.21 Å². The minimum Gasteiger partial charge on any atom is -0.464 e. The Kier molecular flexibility index (Phi) is 5.52. The van der Waals surface area contributed by atoms with Crippen molar-refractivity contribution in [2.75, 3.05) is 0 Å². The Balaban J connectivity index is 2.93. The van der Waals surface area contributed by atoms with Gasteiger partial charge >= 0.3 is 6.09 Å². The lowest BCUT2D eigenvalue weighted by atomic mass is 11.3. The Morgan fingerprint density at radius 2 is 2.50 bits per heavy atom. The Morgan fingerprint density at radius 1 is 1.88 bits per heavy atom. The number of carboxylic acid groups (broad SMARTS) is 1. The highest BCUT2D eigenvalue weighted by molar-refractivity contribution is 8.06. The molecule has 0 spiro atoms. The van der Waals surface area contributed by atoms with Gasteiger partial charge in [-0.15, -0.1) is 0 Å². The normalized spacial score (nSPS) is 10.0. The monoisotopic (exact) mass is 172 g/mol. The third-order valence-corrected chi connectivity index (χ3v) is 2.24. The highest BCUT2D eigenvalue weighted by atomic mass is 32.4. The molecule has 0 aromatic heterocycles. The van der Waals surface area contributed by atoms with E-state index in [1.165, 1.54) is 0 Å². The summed E-state index contributed by atoms with van der Waals surface area (Å²) >= 11 is 5.42. The molecule has 0 aliphatic carbocycles. The molecule has 0 rings (SSSR count). The smallest absolute Gasteiger partial charge is 0.415 e. The molecule has 0 aliphatic heterocycles. The molecule has 0 bridgehead atoms. The van der Waals surface area contributed by atoms with Gasteiger partial charge < -0.3 is 5.11 Å². The van der Waals surface area contributed by atoms with Crippen LogP contribution in [-0.2, 0) is 11.8 Å². The molecule has 48 valence electrons. The SMILES string of the molecule is O=C(O)NSN[PH2]=S. The predicted molar refractivity (Wildman–Crippen MR) is 39.0 cm³/mol. The van der Waals surface area contributed by atoms with Crippen molar-refractivity contribution in [1.82, 2.24) is 9.21 Å². The van der Waals surface area contributed by atoms with Gasteiger partial charge in [-0.05, 0) is 7.51 Å². The van der Waals surface area contributed by atoms with Crippen LogP contribution in [0.15, 0.2) is 0 Å². The first-order chi connectivity index (χ1) is 3.77. The van der Waals surface area contributed by atoms with E-state index < -0.39 is 6.09 Å². The second-order valence-electron chi connectivity index (χ2n) is 0.745. The van der Waals surface area contributed by atoms with Gasteiger partial charge in [0.1, 0.15) is 0 Å². The first-order valence-electron chi connectivity index (χ1n) is 1.61. The van der Waals surface area contributed by atoms with Crippen molar-refractivity contribution in [3.8, 4) is 0 Å². The van der Waals surface area contributed by atoms with Crippen molar-refractivity contribution in [1.29, 1.82) is 0 Å². The fourth-order valence-electron chi connectivity index (χ4n) is 0.0972. The van der Waals surface area contributed by atoms with Crippen LogP contribution in [0, 0.1) is 0 Å². The van der Waals surface area contributed by atoms with Crippen LogP contribution in [0.4, 0.5) is 4.79 Å². The van der Waals surface area contributed by atoms with Gasteiger partial charge in [0.2, 0.25) is 0 Å². The van der Waals surface area contributed by atoms with E-state index in [0.717, 1.165) is 12.1 Å². The molecular formula is CH5N2O2PS2. The summed E-state index contributed by atoms with van der Waals surface area (Å²) in [5.41, 5.74) is 0. The van der Waals surface area contributed by atoms with Gasteiger partial charge in [0.05, 0.1) is 0 Å². The Hall–Kier alpha value is 0.230. The number of nitrogens with one attached hydrogen (secondary N) is 2. The van der Waals surface area contributed by atoms with Crippen LogP contribution >= 0.6 is 19.6 Å². The number of carbonyl (C=O) groups is 1. The van der Waals surface area contributed by atoms with Gasteiger partial charge in [0.15, 0.2) is 0 Å². The summed E-state index contributed by atoms with van der Waals surface area (Å²) in [6.07, 6.45) is -1.06. The zero-order valence-electron chi connectivity index (χ0n) is 3.75. The summed E-state index contributed by atoms with van der Waals surface area (Å²) in [7, 11) is -0.265. The van der Waals surface area contributed by atoms with E-state index in [2.05, 4.69) is 16.3 Å². The summed E-state index contributed by atoms with van der Waals surface area (Å²) in [5, 5.41) is 7.94. The molecule has 0 saturated carbocycles. The van der Waals surface area contributed by atoms with Crippen LogP contribution in [0.1, 0.15) is 0 Å². The Morgan fingerprint density at radius 3 is 2.88 bits per heavy atom. The second kappa shape index (κ2) is 5.37. The maximum Gasteiger partial charge on any atom is 0.415 e. The van der Waals surface area contributed by atoms with E-state index in [1.807, 2.05) is 4.72 Å². The molecule has 0 saturated heterocycles. The average molecular weight is 172 g/mol. The van der Waals surface area contributed by atoms with Crippen molar-refractivity contribution in [2.24, 2.45) is 0 Å². The number of hydrogen-bond acceptors (Lipinski definition) is 3.